The summed E-state index contributed by atoms with van der Waals surface area (Å²) in [7, 11) is 0. The molecule has 4 heterocycles. The second-order valence-corrected chi connectivity index (χ2v) is 13.9. The summed E-state index contributed by atoms with van der Waals surface area (Å²) in [4.78, 5) is 45.7. The number of nitrogens with one attached hydrogen (secondary N) is 4. The molecule has 4 bridgehead atoms. The van der Waals surface area contributed by atoms with Gasteiger partial charge < -0.3 is 35.5 Å². The Hall–Kier alpha value is -4.38. The van der Waals surface area contributed by atoms with Crippen molar-refractivity contribution in [1.29, 1.82) is 0 Å². The maximum absolute atomic E-state index is 14.0. The lowest BCUT2D eigenvalue weighted by molar-refractivity contribution is -0.135. The summed E-state index contributed by atoms with van der Waals surface area (Å²) in [5.74, 6) is -0.950. The quantitative estimate of drug-likeness (QED) is 0.292. The van der Waals surface area contributed by atoms with E-state index in [4.69, 9.17) is 14.1 Å². The first kappa shape index (κ1) is 30.6. The van der Waals surface area contributed by atoms with Gasteiger partial charge in [0.2, 0.25) is 17.7 Å². The minimum atomic E-state index is -1.28. The lowest BCUT2D eigenvalue weighted by atomic mass is 9.72. The Bertz CT molecular complexity index is 1670. The Morgan fingerprint density at radius 3 is 2.49 bits per heavy atom. The highest BCUT2D eigenvalue weighted by molar-refractivity contribution is 5.95. The van der Waals surface area contributed by atoms with Crippen LogP contribution in [0.15, 0.2) is 46.9 Å². The van der Waals surface area contributed by atoms with Crippen molar-refractivity contribution in [3.63, 3.8) is 0 Å². The van der Waals surface area contributed by atoms with Gasteiger partial charge in [0.25, 0.3) is 5.91 Å². The summed E-state index contributed by atoms with van der Waals surface area (Å²) in [5, 5.41) is 22.8. The van der Waals surface area contributed by atoms with Gasteiger partial charge in [0, 0.05) is 23.2 Å². The lowest BCUT2D eigenvalue weighted by Crippen LogP contribution is -2.52. The number of oxazole rings is 1. The van der Waals surface area contributed by atoms with E-state index in [1.54, 1.807) is 13.8 Å². The van der Waals surface area contributed by atoms with E-state index >= 15 is 0 Å². The highest BCUT2D eigenvalue weighted by Gasteiger charge is 2.61. The number of nitrogens with zero attached hydrogens (tertiary/aromatic N) is 1. The fourth-order valence-electron chi connectivity index (χ4n) is 6.42. The maximum Gasteiger partial charge on any atom is 0.273 e. The smallest absolute Gasteiger partial charge is 0.273 e. The molecule has 0 radical (unpaired) electrons. The first-order valence-corrected chi connectivity index (χ1v) is 15.5. The fourth-order valence-corrected chi connectivity index (χ4v) is 6.42. The summed E-state index contributed by atoms with van der Waals surface area (Å²) < 4.78 is 13.2. The van der Waals surface area contributed by atoms with Crippen LogP contribution in [0, 0.1) is 11.8 Å². The molecular formula is C34H41N5O6. The molecule has 5 atom stereocenters. The van der Waals surface area contributed by atoms with Gasteiger partial charge in [-0.2, -0.15) is 0 Å². The second kappa shape index (κ2) is 10.9. The molecule has 0 saturated heterocycles. The van der Waals surface area contributed by atoms with Gasteiger partial charge in [-0.3, -0.25) is 14.4 Å². The number of para-hydroxylation sites is 1. The maximum atomic E-state index is 14.0. The van der Waals surface area contributed by atoms with E-state index in [2.05, 4.69) is 21.3 Å². The van der Waals surface area contributed by atoms with Crippen LogP contribution in [0.2, 0.25) is 0 Å². The van der Waals surface area contributed by atoms with Crippen molar-refractivity contribution in [1.82, 2.24) is 20.9 Å². The largest absolute Gasteiger partial charge is 0.469 e. The van der Waals surface area contributed by atoms with Crippen LogP contribution < -0.4 is 26.0 Å². The molecule has 1 spiro atoms. The van der Waals surface area contributed by atoms with Crippen molar-refractivity contribution in [2.75, 3.05) is 5.32 Å². The van der Waals surface area contributed by atoms with Crippen LogP contribution in [0.4, 0.5) is 5.69 Å². The molecule has 3 amide bonds. The third-order valence-corrected chi connectivity index (χ3v) is 8.65. The predicted octanol–water partition coefficient (Wildman–Crippen LogP) is 3.55. The molecule has 0 aliphatic carbocycles. The second-order valence-electron chi connectivity index (χ2n) is 13.9. The van der Waals surface area contributed by atoms with E-state index in [-0.39, 0.29) is 29.8 Å². The number of fused-ring (bicyclic) bond motifs is 4. The average molecular weight is 616 g/mol. The van der Waals surface area contributed by atoms with Crippen LogP contribution in [-0.4, -0.2) is 51.7 Å². The van der Waals surface area contributed by atoms with Gasteiger partial charge in [-0.25, -0.2) is 4.98 Å². The Balaban J connectivity index is 1.60. The van der Waals surface area contributed by atoms with Crippen molar-refractivity contribution in [2.45, 2.75) is 90.3 Å². The first-order valence-electron chi connectivity index (χ1n) is 15.5. The number of aliphatic hydroxyl groups excluding tert-OH is 1. The van der Waals surface area contributed by atoms with Crippen LogP contribution >= 0.6 is 0 Å². The number of amides is 3. The zero-order valence-corrected chi connectivity index (χ0v) is 26.6. The topological polar surface area (TPSA) is 155 Å². The van der Waals surface area contributed by atoms with Gasteiger partial charge >= 0.3 is 0 Å². The molecule has 3 aliphatic heterocycles. The molecule has 6 rings (SSSR count). The molecule has 2 aromatic carbocycles. The monoisotopic (exact) mass is 615 g/mol. The Morgan fingerprint density at radius 1 is 1.07 bits per heavy atom. The average Bonchev–Trinajstić information content (AvgIpc) is 3.62. The van der Waals surface area contributed by atoms with Gasteiger partial charge in [-0.15, -0.1) is 0 Å². The lowest BCUT2D eigenvalue weighted by Gasteiger charge is -2.29. The SMILES string of the molecule is CC(C)[C@H](O)C(=O)N[C@H]1Cc2ccc3c(c2)C2(c4ccccc4N[C@H]2O3)c2oc(nc2C(=O)NC(C)(C)C)[C@H](C(C)C)NC1=O. The van der Waals surface area contributed by atoms with Crippen molar-refractivity contribution in [3.05, 3.63) is 76.5 Å². The summed E-state index contributed by atoms with van der Waals surface area (Å²) >= 11 is 0. The third-order valence-electron chi connectivity index (χ3n) is 8.65. The first-order chi connectivity index (χ1) is 21.2. The van der Waals surface area contributed by atoms with Gasteiger partial charge in [0.15, 0.2) is 17.7 Å². The third kappa shape index (κ3) is 5.12. The molecular weight excluding hydrogens is 574 g/mol. The predicted molar refractivity (Wildman–Crippen MR) is 167 cm³/mol. The molecule has 1 aromatic heterocycles. The zero-order valence-electron chi connectivity index (χ0n) is 26.6. The van der Waals surface area contributed by atoms with Crippen LogP contribution in [0.1, 0.15) is 93.3 Å². The van der Waals surface area contributed by atoms with Crippen LogP contribution in [0.25, 0.3) is 0 Å². The Labute approximate surface area is 262 Å². The number of anilines is 1. The molecule has 0 fully saturated rings. The number of carbonyl (C=O) groups excluding carboxylic acids is 3. The Kier molecular flexibility index (Phi) is 7.42. The molecule has 11 heteroatoms. The number of benzene rings is 2. The molecule has 5 N–H and O–H groups in total. The number of aromatic nitrogens is 1. The van der Waals surface area contributed by atoms with Crippen LogP contribution in [0.5, 0.6) is 5.75 Å². The minimum Gasteiger partial charge on any atom is -0.469 e. The summed E-state index contributed by atoms with van der Waals surface area (Å²) in [6, 6.07) is 11.7. The molecule has 45 heavy (non-hydrogen) atoms. The van der Waals surface area contributed by atoms with Crippen molar-refractivity contribution in [2.24, 2.45) is 11.8 Å². The molecule has 3 aromatic rings. The fraction of sp³-hybridized carbons (Fsp3) is 0.471. The van der Waals surface area contributed by atoms with Gasteiger partial charge in [0.1, 0.15) is 29.4 Å². The molecule has 11 nitrogen and oxygen atoms in total. The van der Waals surface area contributed by atoms with Crippen molar-refractivity contribution >= 4 is 23.4 Å². The Morgan fingerprint density at radius 2 is 1.80 bits per heavy atom. The number of hydrogen-bond acceptors (Lipinski definition) is 8. The van der Waals surface area contributed by atoms with Crippen LogP contribution in [0.3, 0.4) is 0 Å². The van der Waals surface area contributed by atoms with E-state index < -0.39 is 53.1 Å². The molecule has 3 aliphatic rings. The summed E-state index contributed by atoms with van der Waals surface area (Å²) in [5.41, 5.74) is 1.67. The van der Waals surface area contributed by atoms with Crippen molar-refractivity contribution < 1.29 is 28.6 Å². The zero-order chi connectivity index (χ0) is 32.4. The highest BCUT2D eigenvalue weighted by atomic mass is 16.5. The minimum absolute atomic E-state index is 0.106. The molecule has 0 saturated carbocycles. The van der Waals surface area contributed by atoms with Crippen molar-refractivity contribution in [3.8, 4) is 5.75 Å². The number of aliphatic hydroxyl groups is 1. The summed E-state index contributed by atoms with van der Waals surface area (Å²) in [6.45, 7) is 13.0. The van der Waals surface area contributed by atoms with E-state index in [1.165, 1.54) is 0 Å². The number of hydrogen-bond donors (Lipinski definition) is 5. The number of carbonyl (C=O) groups is 3. The molecule has 238 valence electrons. The van der Waals surface area contributed by atoms with Gasteiger partial charge in [0.05, 0.1) is 0 Å². The number of ether oxygens (including phenoxy) is 1. The standard InChI is InChI=1S/C34H41N5O6/c1-16(2)24-31-38-25(29(42)39-33(5,6)7)27(45-31)34-19-10-8-9-11-21(19)36-32(34)44-23-13-12-18(14-20(23)34)15-22(28(41)37-24)35-30(43)26(40)17(3)4/h8-14,16-17,22,24,26,32,36,40H,15H2,1-7H3,(H,35,43)(H,37,41)(H,39,42)/t22-,24-,26-,32-,34?/m0/s1. The highest BCUT2D eigenvalue weighted by Crippen LogP contribution is 2.58. The van der Waals surface area contributed by atoms with E-state index in [9.17, 15) is 19.5 Å². The molecule has 1 unspecified atom stereocenters. The van der Waals surface area contributed by atoms with Crippen LogP contribution in [-0.2, 0) is 21.4 Å². The number of rotatable bonds is 5. The normalized spacial score (nSPS) is 24.0. The summed E-state index contributed by atoms with van der Waals surface area (Å²) in [6.07, 6.45) is -1.77. The van der Waals surface area contributed by atoms with E-state index in [1.807, 2.05) is 77.1 Å². The van der Waals surface area contributed by atoms with Gasteiger partial charge in [-0.05, 0) is 55.9 Å². The van der Waals surface area contributed by atoms with E-state index in [0.717, 1.165) is 22.4 Å². The van der Waals surface area contributed by atoms with E-state index in [0.29, 0.717) is 11.5 Å². The van der Waals surface area contributed by atoms with Gasteiger partial charge in [-0.1, -0.05) is 58.0 Å².